The van der Waals surface area contributed by atoms with Crippen LogP contribution in [0.15, 0.2) is 67.0 Å². The van der Waals surface area contributed by atoms with Gasteiger partial charge in [-0.3, -0.25) is 4.79 Å². The molecule has 1 aromatic heterocycles. The number of amides is 1. The molecule has 6 nitrogen and oxygen atoms in total. The van der Waals surface area contributed by atoms with E-state index in [0.717, 1.165) is 50.0 Å². The number of piperidine rings is 1. The zero-order chi connectivity index (χ0) is 23.8. The molecule has 1 atom stereocenters. The van der Waals surface area contributed by atoms with Gasteiger partial charge in [-0.05, 0) is 56.1 Å². The molecular formula is C27H32FN5O. The number of rotatable bonds is 9. The molecule has 2 heterocycles. The van der Waals surface area contributed by atoms with Gasteiger partial charge in [-0.1, -0.05) is 42.5 Å². The van der Waals surface area contributed by atoms with Gasteiger partial charge in [0.15, 0.2) is 0 Å². The molecule has 1 saturated heterocycles. The second-order valence-corrected chi connectivity index (χ2v) is 8.93. The highest BCUT2D eigenvalue weighted by Gasteiger charge is 2.27. The molecule has 1 amide bonds. The van der Waals surface area contributed by atoms with Gasteiger partial charge in [0.2, 0.25) is 11.9 Å². The maximum atomic E-state index is 13.2. The minimum atomic E-state index is -0.266. The van der Waals surface area contributed by atoms with Gasteiger partial charge in [0.25, 0.3) is 0 Å². The SMILES string of the molecule is CN(CCCNC(=O)[C@H]1CCCN(c2ncc(-c3ccc(F)cc3)cn2)C1)Cc1ccccc1. The summed E-state index contributed by atoms with van der Waals surface area (Å²) in [6.07, 6.45) is 6.24. The Kier molecular flexibility index (Phi) is 8.20. The number of carbonyl (C=O) groups excluding carboxylic acids is 1. The van der Waals surface area contributed by atoms with E-state index in [1.165, 1.54) is 17.7 Å². The number of hydrogen-bond donors (Lipinski definition) is 1. The van der Waals surface area contributed by atoms with E-state index in [2.05, 4.69) is 56.4 Å². The zero-order valence-corrected chi connectivity index (χ0v) is 19.7. The second kappa shape index (κ2) is 11.7. The number of nitrogens with one attached hydrogen (secondary N) is 1. The highest BCUT2D eigenvalue weighted by Crippen LogP contribution is 2.23. The topological polar surface area (TPSA) is 61.4 Å². The van der Waals surface area contributed by atoms with E-state index in [1.807, 2.05) is 6.07 Å². The Morgan fingerprint density at radius 1 is 1.09 bits per heavy atom. The lowest BCUT2D eigenvalue weighted by Crippen LogP contribution is -2.44. The minimum absolute atomic E-state index is 0.0591. The Hall–Kier alpha value is -3.32. The molecule has 4 rings (SSSR count). The average Bonchev–Trinajstić information content (AvgIpc) is 2.88. The van der Waals surface area contributed by atoms with E-state index in [0.29, 0.717) is 19.0 Å². The molecule has 0 saturated carbocycles. The second-order valence-electron chi connectivity index (χ2n) is 8.93. The first-order valence-corrected chi connectivity index (χ1v) is 11.9. The van der Waals surface area contributed by atoms with Gasteiger partial charge >= 0.3 is 0 Å². The average molecular weight is 462 g/mol. The van der Waals surface area contributed by atoms with E-state index in [9.17, 15) is 9.18 Å². The summed E-state index contributed by atoms with van der Waals surface area (Å²) in [7, 11) is 2.11. The first-order chi connectivity index (χ1) is 16.6. The Bertz CT molecular complexity index is 1040. The maximum absolute atomic E-state index is 13.2. The van der Waals surface area contributed by atoms with Gasteiger partial charge in [0.1, 0.15) is 5.82 Å². The van der Waals surface area contributed by atoms with Crippen molar-refractivity contribution in [2.24, 2.45) is 5.92 Å². The Morgan fingerprint density at radius 3 is 2.56 bits per heavy atom. The number of nitrogens with zero attached hydrogens (tertiary/aromatic N) is 4. The molecule has 0 spiro atoms. The summed E-state index contributed by atoms with van der Waals surface area (Å²) in [5.41, 5.74) is 3.01. The van der Waals surface area contributed by atoms with Crippen molar-refractivity contribution in [3.8, 4) is 11.1 Å². The maximum Gasteiger partial charge on any atom is 0.225 e. The fourth-order valence-corrected chi connectivity index (χ4v) is 4.33. The van der Waals surface area contributed by atoms with E-state index in [1.54, 1.807) is 24.5 Å². The van der Waals surface area contributed by atoms with Crippen LogP contribution in [0, 0.1) is 11.7 Å². The van der Waals surface area contributed by atoms with Gasteiger partial charge in [0.05, 0.1) is 5.92 Å². The van der Waals surface area contributed by atoms with Crippen LogP contribution in [0.25, 0.3) is 11.1 Å². The molecule has 0 radical (unpaired) electrons. The summed E-state index contributed by atoms with van der Waals surface area (Å²) in [6.45, 7) is 3.98. The highest BCUT2D eigenvalue weighted by molar-refractivity contribution is 5.79. The number of benzene rings is 2. The summed E-state index contributed by atoms with van der Waals surface area (Å²) in [5, 5.41) is 3.12. The lowest BCUT2D eigenvalue weighted by atomic mass is 9.97. The molecule has 0 aliphatic carbocycles. The molecule has 3 aromatic rings. The fraction of sp³-hybridized carbons (Fsp3) is 0.370. The third-order valence-electron chi connectivity index (χ3n) is 6.20. The van der Waals surface area contributed by atoms with Gasteiger partial charge in [-0.15, -0.1) is 0 Å². The van der Waals surface area contributed by atoms with Crippen LogP contribution in [0.2, 0.25) is 0 Å². The molecule has 0 unspecified atom stereocenters. The zero-order valence-electron chi connectivity index (χ0n) is 19.7. The summed E-state index contributed by atoms with van der Waals surface area (Å²) >= 11 is 0. The smallest absolute Gasteiger partial charge is 0.225 e. The number of hydrogen-bond acceptors (Lipinski definition) is 5. The quantitative estimate of drug-likeness (QED) is 0.486. The van der Waals surface area contributed by atoms with Crippen molar-refractivity contribution in [2.45, 2.75) is 25.8 Å². The van der Waals surface area contributed by atoms with Crippen LogP contribution in [0.1, 0.15) is 24.8 Å². The molecular weight excluding hydrogens is 429 g/mol. The van der Waals surface area contributed by atoms with Crippen molar-refractivity contribution in [1.82, 2.24) is 20.2 Å². The predicted molar refractivity (Wildman–Crippen MR) is 133 cm³/mol. The summed E-state index contributed by atoms with van der Waals surface area (Å²) in [6, 6.07) is 16.7. The largest absolute Gasteiger partial charge is 0.356 e. The first kappa shape index (κ1) is 23.8. The molecule has 178 valence electrons. The van der Waals surface area contributed by atoms with Crippen LogP contribution in [0.5, 0.6) is 0 Å². The van der Waals surface area contributed by atoms with E-state index < -0.39 is 0 Å². The van der Waals surface area contributed by atoms with Gasteiger partial charge in [-0.2, -0.15) is 0 Å². The minimum Gasteiger partial charge on any atom is -0.356 e. The van der Waals surface area contributed by atoms with Crippen molar-refractivity contribution in [3.05, 3.63) is 78.4 Å². The van der Waals surface area contributed by atoms with Gasteiger partial charge < -0.3 is 15.1 Å². The third kappa shape index (κ3) is 6.60. The van der Waals surface area contributed by atoms with Crippen LogP contribution >= 0.6 is 0 Å². The summed E-state index contributed by atoms with van der Waals surface area (Å²) < 4.78 is 13.2. The molecule has 34 heavy (non-hydrogen) atoms. The molecule has 1 aliphatic heterocycles. The molecule has 2 aromatic carbocycles. The van der Waals surface area contributed by atoms with Gasteiger partial charge in [-0.25, -0.2) is 14.4 Å². The van der Waals surface area contributed by atoms with E-state index in [-0.39, 0.29) is 17.6 Å². The number of carbonyl (C=O) groups is 1. The highest BCUT2D eigenvalue weighted by atomic mass is 19.1. The summed E-state index contributed by atoms with van der Waals surface area (Å²) in [5.74, 6) is 0.415. The molecule has 1 fully saturated rings. The van der Waals surface area contributed by atoms with Crippen molar-refractivity contribution in [2.75, 3.05) is 38.1 Å². The van der Waals surface area contributed by atoms with Crippen molar-refractivity contribution >= 4 is 11.9 Å². The molecule has 0 bridgehead atoms. The van der Waals surface area contributed by atoms with Crippen LogP contribution in [0.4, 0.5) is 10.3 Å². The molecule has 1 N–H and O–H groups in total. The van der Waals surface area contributed by atoms with Crippen LogP contribution in [-0.4, -0.2) is 54.0 Å². The van der Waals surface area contributed by atoms with Crippen LogP contribution in [0.3, 0.4) is 0 Å². The number of anilines is 1. The third-order valence-corrected chi connectivity index (χ3v) is 6.20. The molecule has 7 heteroatoms. The Morgan fingerprint density at radius 2 is 1.82 bits per heavy atom. The van der Waals surface area contributed by atoms with Crippen molar-refractivity contribution < 1.29 is 9.18 Å². The normalized spacial score (nSPS) is 16.0. The fourth-order valence-electron chi connectivity index (χ4n) is 4.33. The standard InChI is InChI=1S/C27H32FN5O/c1-32(19-21-7-3-2-4-8-21)15-6-14-29-26(34)23-9-5-16-33(20-23)27-30-17-24(18-31-27)22-10-12-25(28)13-11-22/h2-4,7-8,10-13,17-18,23H,5-6,9,14-16,19-20H2,1H3,(H,29,34)/t23-/m0/s1. The molecule has 1 aliphatic rings. The van der Waals surface area contributed by atoms with Crippen LogP contribution < -0.4 is 10.2 Å². The van der Waals surface area contributed by atoms with Gasteiger partial charge in [0, 0.05) is 44.1 Å². The van der Waals surface area contributed by atoms with Crippen molar-refractivity contribution in [1.29, 1.82) is 0 Å². The van der Waals surface area contributed by atoms with E-state index in [4.69, 9.17) is 0 Å². The monoisotopic (exact) mass is 461 g/mol. The summed E-state index contributed by atoms with van der Waals surface area (Å²) in [4.78, 5) is 26.1. The van der Waals surface area contributed by atoms with Crippen LogP contribution in [-0.2, 0) is 11.3 Å². The lowest BCUT2D eigenvalue weighted by molar-refractivity contribution is -0.125. The van der Waals surface area contributed by atoms with Crippen molar-refractivity contribution in [3.63, 3.8) is 0 Å². The van der Waals surface area contributed by atoms with E-state index >= 15 is 0 Å². The number of aromatic nitrogens is 2. The Balaban J connectivity index is 1.22. The predicted octanol–water partition coefficient (Wildman–Crippen LogP) is 4.14. The lowest BCUT2D eigenvalue weighted by Gasteiger charge is -2.32. The number of halogens is 1. The first-order valence-electron chi connectivity index (χ1n) is 11.9. The Labute approximate surface area is 200 Å².